The molecule has 0 aromatic carbocycles. The average molecular weight is 298 g/mol. The standard InChI is InChI=1S/C10H18O4S3/c1-3-5-10-17(13,14)15-7-6-9-16(11,12)8-4-2/h4,6-7H,2-3,5,8-10H2,1H3/b7-6+. The first-order chi connectivity index (χ1) is 7.83. The Morgan fingerprint density at radius 3 is 2.35 bits per heavy atom. The van der Waals surface area contributed by atoms with Crippen LogP contribution in [0, 0.1) is 0 Å². The fourth-order valence-electron chi connectivity index (χ4n) is 0.927. The summed E-state index contributed by atoms with van der Waals surface area (Å²) in [4.78, 5) is 0. The van der Waals surface area contributed by atoms with Crippen molar-refractivity contribution in [2.24, 2.45) is 0 Å². The molecule has 0 N–H and O–H groups in total. The van der Waals surface area contributed by atoms with Crippen molar-refractivity contribution in [3.63, 3.8) is 0 Å². The Balaban J connectivity index is 4.16. The van der Waals surface area contributed by atoms with Crippen LogP contribution < -0.4 is 0 Å². The second-order valence-electron chi connectivity index (χ2n) is 3.45. The van der Waals surface area contributed by atoms with Crippen molar-refractivity contribution in [3.05, 3.63) is 24.1 Å². The van der Waals surface area contributed by atoms with E-state index in [1.54, 1.807) is 0 Å². The Kier molecular flexibility index (Phi) is 7.82. The summed E-state index contributed by atoms with van der Waals surface area (Å²) in [6, 6.07) is 0. The van der Waals surface area contributed by atoms with Gasteiger partial charge in [0.15, 0.2) is 9.84 Å². The summed E-state index contributed by atoms with van der Waals surface area (Å²) in [5.74, 6) is -0.127. The zero-order valence-corrected chi connectivity index (χ0v) is 12.3. The SMILES string of the molecule is C=CCS(=O)(=O)C/C=C/SS(=O)(=O)CCCC. The summed E-state index contributed by atoms with van der Waals surface area (Å²) < 4.78 is 45.3. The van der Waals surface area contributed by atoms with Crippen molar-refractivity contribution in [3.8, 4) is 0 Å². The molecule has 0 aliphatic carbocycles. The van der Waals surface area contributed by atoms with Crippen LogP contribution in [0.5, 0.6) is 0 Å². The van der Waals surface area contributed by atoms with E-state index in [1.807, 2.05) is 6.92 Å². The van der Waals surface area contributed by atoms with Crippen LogP contribution in [0.1, 0.15) is 19.8 Å². The molecule has 0 unspecified atom stereocenters. The van der Waals surface area contributed by atoms with Gasteiger partial charge in [-0.1, -0.05) is 25.5 Å². The molecule has 100 valence electrons. The third kappa shape index (κ3) is 9.43. The second-order valence-corrected chi connectivity index (χ2v) is 9.69. The number of hydrogen-bond acceptors (Lipinski definition) is 5. The molecular weight excluding hydrogens is 280 g/mol. The van der Waals surface area contributed by atoms with Crippen LogP contribution in [0.25, 0.3) is 0 Å². The van der Waals surface area contributed by atoms with E-state index in [4.69, 9.17) is 0 Å². The highest BCUT2D eigenvalue weighted by Gasteiger charge is 2.09. The van der Waals surface area contributed by atoms with E-state index in [-0.39, 0.29) is 17.3 Å². The highest BCUT2D eigenvalue weighted by molar-refractivity contribution is 8.73. The molecule has 0 spiro atoms. The Hall–Kier alpha value is -0.270. The monoisotopic (exact) mass is 298 g/mol. The van der Waals surface area contributed by atoms with Gasteiger partial charge in [-0.25, -0.2) is 16.8 Å². The van der Waals surface area contributed by atoms with Gasteiger partial charge in [0.2, 0.25) is 8.87 Å². The maximum atomic E-state index is 11.4. The molecule has 0 amide bonds. The second kappa shape index (κ2) is 7.94. The van der Waals surface area contributed by atoms with E-state index in [0.29, 0.717) is 17.2 Å². The number of sulfone groups is 1. The molecule has 0 rings (SSSR count). The molecule has 0 fully saturated rings. The van der Waals surface area contributed by atoms with Gasteiger partial charge in [0.1, 0.15) is 0 Å². The summed E-state index contributed by atoms with van der Waals surface area (Å²) in [6.07, 6.45) is 4.11. The van der Waals surface area contributed by atoms with Crippen molar-refractivity contribution in [1.82, 2.24) is 0 Å². The lowest BCUT2D eigenvalue weighted by Gasteiger charge is -1.98. The zero-order valence-electron chi connectivity index (χ0n) is 9.83. The smallest absolute Gasteiger partial charge is 0.205 e. The first-order valence-electron chi connectivity index (χ1n) is 5.20. The highest BCUT2D eigenvalue weighted by Crippen LogP contribution is 2.16. The van der Waals surface area contributed by atoms with E-state index in [0.717, 1.165) is 6.42 Å². The topological polar surface area (TPSA) is 68.3 Å². The van der Waals surface area contributed by atoms with Crippen molar-refractivity contribution < 1.29 is 16.8 Å². The Morgan fingerprint density at radius 1 is 1.18 bits per heavy atom. The maximum absolute atomic E-state index is 11.4. The number of unbranched alkanes of at least 4 members (excludes halogenated alkanes) is 1. The fourth-order valence-corrected chi connectivity index (χ4v) is 4.40. The largest absolute Gasteiger partial charge is 0.228 e. The van der Waals surface area contributed by atoms with E-state index in [1.165, 1.54) is 17.6 Å². The van der Waals surface area contributed by atoms with Crippen LogP contribution in [0.2, 0.25) is 0 Å². The molecule has 0 aromatic heterocycles. The first-order valence-corrected chi connectivity index (χ1v) is 10.1. The highest BCUT2D eigenvalue weighted by atomic mass is 33.1. The van der Waals surface area contributed by atoms with Gasteiger partial charge in [0, 0.05) is 0 Å². The minimum absolute atomic E-state index is 0.0927. The first kappa shape index (κ1) is 16.7. The maximum Gasteiger partial charge on any atom is 0.205 e. The third-order valence-electron chi connectivity index (χ3n) is 1.77. The molecule has 0 aliphatic heterocycles. The molecule has 0 radical (unpaired) electrons. The van der Waals surface area contributed by atoms with Gasteiger partial charge in [-0.15, -0.1) is 6.58 Å². The van der Waals surface area contributed by atoms with Crippen LogP contribution in [0.3, 0.4) is 0 Å². The van der Waals surface area contributed by atoms with Crippen molar-refractivity contribution in [2.45, 2.75) is 19.8 Å². The third-order valence-corrected chi connectivity index (χ3v) is 6.31. The fraction of sp³-hybridized carbons (Fsp3) is 0.600. The molecule has 0 aliphatic rings. The Bertz CT molecular complexity index is 446. The van der Waals surface area contributed by atoms with Crippen LogP contribution >= 0.6 is 10.8 Å². The lowest BCUT2D eigenvalue weighted by Crippen LogP contribution is -2.07. The van der Waals surface area contributed by atoms with Crippen molar-refractivity contribution in [1.29, 1.82) is 0 Å². The zero-order chi connectivity index (χ0) is 13.4. The summed E-state index contributed by atoms with van der Waals surface area (Å²) in [5, 5.41) is 1.33. The van der Waals surface area contributed by atoms with Gasteiger partial charge in [-0.05, 0) is 22.6 Å². The molecule has 4 nitrogen and oxygen atoms in total. The van der Waals surface area contributed by atoms with Crippen molar-refractivity contribution in [2.75, 3.05) is 17.3 Å². The average Bonchev–Trinajstić information content (AvgIpc) is 2.22. The van der Waals surface area contributed by atoms with Gasteiger partial charge in [-0.3, -0.25) is 0 Å². The quantitative estimate of drug-likeness (QED) is 0.481. The van der Waals surface area contributed by atoms with E-state index in [2.05, 4.69) is 6.58 Å². The van der Waals surface area contributed by atoms with Crippen molar-refractivity contribution >= 4 is 29.5 Å². The number of rotatable bonds is 9. The molecule has 17 heavy (non-hydrogen) atoms. The van der Waals surface area contributed by atoms with Gasteiger partial charge >= 0.3 is 0 Å². The molecule has 0 saturated carbocycles. The Morgan fingerprint density at radius 2 is 1.82 bits per heavy atom. The van der Waals surface area contributed by atoms with Crippen LogP contribution in [-0.4, -0.2) is 34.1 Å². The molecule has 0 bridgehead atoms. The minimum Gasteiger partial charge on any atom is -0.228 e. The lowest BCUT2D eigenvalue weighted by atomic mass is 10.4. The number of hydrogen-bond donors (Lipinski definition) is 0. The van der Waals surface area contributed by atoms with Crippen LogP contribution in [0.15, 0.2) is 24.1 Å². The summed E-state index contributed by atoms with van der Waals surface area (Å²) in [5.41, 5.74) is 0. The molecule has 0 heterocycles. The van der Waals surface area contributed by atoms with E-state index >= 15 is 0 Å². The van der Waals surface area contributed by atoms with E-state index in [9.17, 15) is 16.8 Å². The molecule has 0 atom stereocenters. The molecule has 7 heteroatoms. The van der Waals surface area contributed by atoms with Gasteiger partial charge in [-0.2, -0.15) is 0 Å². The molecule has 0 aromatic rings. The lowest BCUT2D eigenvalue weighted by molar-refractivity contribution is 0.601. The summed E-state index contributed by atoms with van der Waals surface area (Å²) in [7, 11) is -5.66. The minimum atomic E-state index is -3.18. The Labute approximate surface area is 107 Å². The van der Waals surface area contributed by atoms with Gasteiger partial charge < -0.3 is 0 Å². The molecular formula is C10H18O4S3. The van der Waals surface area contributed by atoms with Crippen LogP contribution in [0.4, 0.5) is 0 Å². The summed E-state index contributed by atoms with van der Waals surface area (Å²) >= 11 is 0. The normalized spacial score (nSPS) is 13.0. The summed E-state index contributed by atoms with van der Waals surface area (Å²) in [6.45, 7) is 5.26. The van der Waals surface area contributed by atoms with Crippen LogP contribution in [-0.2, 0) is 18.7 Å². The van der Waals surface area contributed by atoms with Gasteiger partial charge in [0.05, 0.1) is 17.3 Å². The molecule has 0 saturated heterocycles. The predicted octanol–water partition coefficient (Wildman–Crippen LogP) is 1.96. The van der Waals surface area contributed by atoms with E-state index < -0.39 is 18.7 Å². The van der Waals surface area contributed by atoms with Gasteiger partial charge in [0.25, 0.3) is 0 Å². The predicted molar refractivity (Wildman–Crippen MR) is 74.3 cm³/mol.